The zero-order chi connectivity index (χ0) is 8.43. The summed E-state index contributed by atoms with van der Waals surface area (Å²) in [7, 11) is 1.69. The predicted octanol–water partition coefficient (Wildman–Crippen LogP) is 1.77. The van der Waals surface area contributed by atoms with Gasteiger partial charge in [-0.1, -0.05) is 13.8 Å². The first-order valence-electron chi connectivity index (χ1n) is 3.76. The van der Waals surface area contributed by atoms with Crippen molar-refractivity contribution in [3.8, 4) is 0 Å². The molecule has 0 unspecified atom stereocenters. The highest BCUT2D eigenvalue weighted by molar-refractivity contribution is 5.12. The first-order valence-corrected chi connectivity index (χ1v) is 3.76. The SMILES string of the molecule is CC(C)c1cc[n+](C)c(F)c1. The van der Waals surface area contributed by atoms with E-state index in [0.29, 0.717) is 5.92 Å². The van der Waals surface area contributed by atoms with E-state index in [4.69, 9.17) is 0 Å². The molecule has 0 N–H and O–H groups in total. The lowest BCUT2D eigenvalue weighted by molar-refractivity contribution is -0.700. The van der Waals surface area contributed by atoms with Gasteiger partial charge in [0.1, 0.15) is 7.05 Å². The predicted molar refractivity (Wildman–Crippen MR) is 41.7 cm³/mol. The molecule has 0 aliphatic carbocycles. The number of hydrogen-bond acceptors (Lipinski definition) is 0. The minimum absolute atomic E-state index is 0.184. The van der Waals surface area contributed by atoms with Gasteiger partial charge in [-0.05, 0) is 11.5 Å². The van der Waals surface area contributed by atoms with Crippen LogP contribution in [0.5, 0.6) is 0 Å². The molecule has 1 aromatic rings. The molecule has 0 fully saturated rings. The number of halogens is 1. The second-order valence-electron chi connectivity index (χ2n) is 3.05. The summed E-state index contributed by atoms with van der Waals surface area (Å²) in [4.78, 5) is 0. The summed E-state index contributed by atoms with van der Waals surface area (Å²) in [6.07, 6.45) is 1.74. The molecule has 0 aromatic carbocycles. The molecule has 0 saturated carbocycles. The van der Waals surface area contributed by atoms with Gasteiger partial charge in [0.25, 0.3) is 0 Å². The maximum Gasteiger partial charge on any atom is 0.359 e. The van der Waals surface area contributed by atoms with Crippen molar-refractivity contribution in [1.29, 1.82) is 0 Å². The summed E-state index contributed by atoms with van der Waals surface area (Å²) in [6, 6.07) is 3.51. The lowest BCUT2D eigenvalue weighted by atomic mass is 10.1. The molecule has 11 heavy (non-hydrogen) atoms. The zero-order valence-electron chi connectivity index (χ0n) is 7.13. The average Bonchev–Trinajstić information content (AvgIpc) is 1.94. The third-order valence-corrected chi connectivity index (χ3v) is 1.78. The summed E-state index contributed by atoms with van der Waals surface area (Å²) in [5.74, 6) is 0.210. The Bertz CT molecular complexity index is 256. The Hall–Kier alpha value is -0.920. The van der Waals surface area contributed by atoms with Gasteiger partial charge in [-0.15, -0.1) is 4.39 Å². The molecule has 1 aromatic heterocycles. The molecule has 0 bridgehead atoms. The largest absolute Gasteiger partial charge is 0.359 e. The van der Waals surface area contributed by atoms with E-state index in [9.17, 15) is 4.39 Å². The second-order valence-corrected chi connectivity index (χ2v) is 3.05. The Morgan fingerprint density at radius 3 is 2.55 bits per heavy atom. The second kappa shape index (κ2) is 2.99. The minimum Gasteiger partial charge on any atom is -0.176 e. The van der Waals surface area contributed by atoms with Crippen LogP contribution in [0, 0.1) is 5.95 Å². The first kappa shape index (κ1) is 8.18. The summed E-state index contributed by atoms with van der Waals surface area (Å²) in [5, 5.41) is 0. The number of nitrogens with zero attached hydrogens (tertiary/aromatic N) is 1. The van der Waals surface area contributed by atoms with Crippen molar-refractivity contribution in [2.45, 2.75) is 19.8 Å². The van der Waals surface area contributed by atoms with Crippen LogP contribution >= 0.6 is 0 Å². The van der Waals surface area contributed by atoms with Crippen LogP contribution in [0.3, 0.4) is 0 Å². The van der Waals surface area contributed by atoms with Gasteiger partial charge in [0.05, 0.1) is 0 Å². The smallest absolute Gasteiger partial charge is 0.176 e. The van der Waals surface area contributed by atoms with Crippen molar-refractivity contribution in [1.82, 2.24) is 0 Å². The van der Waals surface area contributed by atoms with Crippen molar-refractivity contribution in [3.05, 3.63) is 29.8 Å². The van der Waals surface area contributed by atoms with Gasteiger partial charge in [-0.3, -0.25) is 0 Å². The van der Waals surface area contributed by atoms with Crippen LogP contribution in [0.25, 0.3) is 0 Å². The highest BCUT2D eigenvalue weighted by atomic mass is 19.1. The molecule has 2 heteroatoms. The van der Waals surface area contributed by atoms with Crippen LogP contribution < -0.4 is 4.57 Å². The Kier molecular flexibility index (Phi) is 2.22. The van der Waals surface area contributed by atoms with Crippen molar-refractivity contribution in [3.63, 3.8) is 0 Å². The third kappa shape index (κ3) is 1.76. The summed E-state index contributed by atoms with van der Waals surface area (Å²) in [6.45, 7) is 4.10. The lowest BCUT2D eigenvalue weighted by Gasteiger charge is -2.01. The number of pyridine rings is 1. The standard InChI is InChI=1S/C9H13FN/c1-7(2)8-4-5-11(3)9(10)6-8/h4-7H,1-3H3/q+1. The van der Waals surface area contributed by atoms with Crippen LogP contribution in [-0.2, 0) is 7.05 Å². The number of hydrogen-bond donors (Lipinski definition) is 0. The van der Waals surface area contributed by atoms with E-state index < -0.39 is 0 Å². The summed E-state index contributed by atoms with van der Waals surface area (Å²) in [5.41, 5.74) is 1.04. The van der Waals surface area contributed by atoms with Crippen molar-refractivity contribution in [2.75, 3.05) is 0 Å². The van der Waals surface area contributed by atoms with Crippen LogP contribution in [-0.4, -0.2) is 0 Å². The van der Waals surface area contributed by atoms with E-state index in [2.05, 4.69) is 13.8 Å². The molecule has 0 aliphatic heterocycles. The molecule has 0 atom stereocenters. The average molecular weight is 154 g/mol. The van der Waals surface area contributed by atoms with E-state index in [1.807, 2.05) is 6.07 Å². The first-order chi connectivity index (χ1) is 5.11. The fourth-order valence-electron chi connectivity index (χ4n) is 0.916. The van der Waals surface area contributed by atoms with Crippen molar-refractivity contribution < 1.29 is 8.96 Å². The molecule has 60 valence electrons. The minimum atomic E-state index is -0.184. The normalized spacial score (nSPS) is 10.6. The van der Waals surface area contributed by atoms with Crippen LogP contribution in [0.15, 0.2) is 18.3 Å². The van der Waals surface area contributed by atoms with Gasteiger partial charge in [0.15, 0.2) is 6.20 Å². The molecular formula is C9H13FN+. The van der Waals surface area contributed by atoms with E-state index in [-0.39, 0.29) is 5.95 Å². The Labute approximate surface area is 66.5 Å². The zero-order valence-corrected chi connectivity index (χ0v) is 7.13. The van der Waals surface area contributed by atoms with Gasteiger partial charge in [0.2, 0.25) is 0 Å². The van der Waals surface area contributed by atoms with Crippen LogP contribution in [0.1, 0.15) is 25.3 Å². The fourth-order valence-corrected chi connectivity index (χ4v) is 0.916. The Balaban J connectivity index is 3.05. The Morgan fingerprint density at radius 2 is 2.09 bits per heavy atom. The molecule has 0 saturated heterocycles. The molecule has 1 rings (SSSR count). The Morgan fingerprint density at radius 1 is 1.45 bits per heavy atom. The number of rotatable bonds is 1. The fraction of sp³-hybridized carbons (Fsp3) is 0.444. The van der Waals surface area contributed by atoms with Gasteiger partial charge in [0, 0.05) is 12.1 Å². The summed E-state index contributed by atoms with van der Waals surface area (Å²) >= 11 is 0. The van der Waals surface area contributed by atoms with E-state index in [1.54, 1.807) is 19.3 Å². The molecule has 0 aliphatic rings. The molecule has 0 amide bonds. The van der Waals surface area contributed by atoms with Gasteiger partial charge < -0.3 is 0 Å². The monoisotopic (exact) mass is 154 g/mol. The van der Waals surface area contributed by atoms with Gasteiger partial charge in [-0.25, -0.2) is 0 Å². The highest BCUT2D eigenvalue weighted by Gasteiger charge is 2.07. The van der Waals surface area contributed by atoms with E-state index >= 15 is 0 Å². The molecular weight excluding hydrogens is 141 g/mol. The maximum atomic E-state index is 12.9. The van der Waals surface area contributed by atoms with E-state index in [0.717, 1.165) is 5.56 Å². The van der Waals surface area contributed by atoms with E-state index in [1.165, 1.54) is 4.57 Å². The molecule has 0 spiro atoms. The number of aryl methyl sites for hydroxylation is 1. The molecule has 1 nitrogen and oxygen atoms in total. The topological polar surface area (TPSA) is 3.88 Å². The van der Waals surface area contributed by atoms with Gasteiger partial charge in [-0.2, -0.15) is 4.57 Å². The van der Waals surface area contributed by atoms with Crippen molar-refractivity contribution in [2.24, 2.45) is 7.05 Å². The lowest BCUT2D eigenvalue weighted by Crippen LogP contribution is -2.32. The summed E-state index contributed by atoms with van der Waals surface area (Å²) < 4.78 is 14.4. The van der Waals surface area contributed by atoms with Crippen LogP contribution in [0.4, 0.5) is 4.39 Å². The van der Waals surface area contributed by atoms with Gasteiger partial charge >= 0.3 is 5.95 Å². The van der Waals surface area contributed by atoms with Crippen LogP contribution in [0.2, 0.25) is 0 Å². The quantitative estimate of drug-likeness (QED) is 0.429. The maximum absolute atomic E-state index is 12.9. The third-order valence-electron chi connectivity index (χ3n) is 1.78. The molecule has 1 heterocycles. The molecule has 0 radical (unpaired) electrons. The van der Waals surface area contributed by atoms with Crippen molar-refractivity contribution >= 4 is 0 Å². The number of aromatic nitrogens is 1. The highest BCUT2D eigenvalue weighted by Crippen LogP contribution is 2.12.